The zero-order chi connectivity index (χ0) is 43.2. The van der Waals surface area contributed by atoms with Crippen molar-refractivity contribution < 1.29 is 41.8 Å². The lowest BCUT2D eigenvalue weighted by Crippen LogP contribution is -2.55. The fraction of sp³-hybridized carbons (Fsp3) is 0.523. The Bertz CT molecular complexity index is 2300. The molecule has 3 aromatic carbocycles. The highest BCUT2D eigenvalue weighted by atomic mass is 19.4. The SMILES string of the molecule is COC(=O)NC(C(=O)N1CC(C)CC1c1nc2c(ccc3cc(-c4ccc(NC(=O)N5CCN(C6CCN(C(=O)C7CC7)CC6)CC5)cc4OC(F)(F)F)ccc32)[nH]1)C(C)C. The zero-order valence-corrected chi connectivity index (χ0v) is 34.9. The van der Waals surface area contributed by atoms with Crippen LogP contribution in [0.2, 0.25) is 0 Å². The van der Waals surface area contributed by atoms with Crippen LogP contribution in [0.4, 0.5) is 28.4 Å². The number of nitrogens with one attached hydrogen (secondary N) is 3. The fourth-order valence-corrected chi connectivity index (χ4v) is 9.15. The van der Waals surface area contributed by atoms with Crippen molar-refractivity contribution in [2.24, 2.45) is 17.8 Å². The second kappa shape index (κ2) is 17.1. The number of piperidine rings is 1. The number of aromatic amines is 1. The average molecular weight is 847 g/mol. The summed E-state index contributed by atoms with van der Waals surface area (Å²) in [5.41, 5.74) is 2.21. The van der Waals surface area contributed by atoms with E-state index in [1.165, 1.54) is 19.2 Å². The lowest BCUT2D eigenvalue weighted by atomic mass is 9.99. The summed E-state index contributed by atoms with van der Waals surface area (Å²) in [6.07, 6.45) is -1.19. The van der Waals surface area contributed by atoms with Crippen molar-refractivity contribution in [2.45, 2.75) is 77.4 Å². The molecule has 3 aliphatic heterocycles. The van der Waals surface area contributed by atoms with Crippen LogP contribution in [0.1, 0.15) is 64.7 Å². The number of hydrogen-bond donors (Lipinski definition) is 3. The molecule has 1 aliphatic carbocycles. The molecule has 0 spiro atoms. The molecule has 326 valence electrons. The maximum Gasteiger partial charge on any atom is 0.573 e. The predicted octanol–water partition coefficient (Wildman–Crippen LogP) is 7.12. The first kappa shape index (κ1) is 42.1. The molecule has 0 radical (unpaired) electrons. The number of halogens is 3. The highest BCUT2D eigenvalue weighted by molar-refractivity contribution is 6.05. The van der Waals surface area contributed by atoms with E-state index >= 15 is 0 Å². The van der Waals surface area contributed by atoms with Gasteiger partial charge in [0.05, 0.1) is 24.2 Å². The van der Waals surface area contributed by atoms with Gasteiger partial charge in [0, 0.05) is 80.5 Å². The largest absolute Gasteiger partial charge is 0.573 e. The topological polar surface area (TPSA) is 152 Å². The van der Waals surface area contributed by atoms with E-state index in [-0.39, 0.29) is 46.9 Å². The molecule has 3 saturated heterocycles. The van der Waals surface area contributed by atoms with Crippen LogP contribution in [0.3, 0.4) is 0 Å². The summed E-state index contributed by atoms with van der Waals surface area (Å²) in [5.74, 6) is 0.420. The Morgan fingerprint density at radius 2 is 1.64 bits per heavy atom. The number of amides is 5. The molecule has 61 heavy (non-hydrogen) atoms. The Balaban J connectivity index is 0.964. The van der Waals surface area contributed by atoms with Gasteiger partial charge in [-0.2, -0.15) is 0 Å². The number of nitrogens with zero attached hydrogens (tertiary/aromatic N) is 5. The van der Waals surface area contributed by atoms with Gasteiger partial charge in [0.15, 0.2) is 0 Å². The number of imidazole rings is 1. The zero-order valence-electron chi connectivity index (χ0n) is 34.9. The third-order valence-electron chi connectivity index (χ3n) is 12.6. The maximum absolute atomic E-state index is 13.8. The van der Waals surface area contributed by atoms with Crippen molar-refractivity contribution in [3.05, 3.63) is 54.4 Å². The van der Waals surface area contributed by atoms with Crippen LogP contribution in [0.15, 0.2) is 48.5 Å². The number of methoxy groups -OCH3 is 1. The molecule has 1 aromatic heterocycles. The quantitative estimate of drug-likeness (QED) is 0.161. The molecule has 3 atom stereocenters. The normalized spacial score (nSPS) is 21.0. The number of likely N-dealkylation sites (tertiary alicyclic amines) is 2. The smallest absolute Gasteiger partial charge is 0.453 e. The number of ether oxygens (including phenoxy) is 2. The minimum atomic E-state index is -4.99. The second-order valence-electron chi connectivity index (χ2n) is 17.3. The standard InChI is InChI=1S/C44H53F3N8O6/c1-25(2)37(51-43(59)60-4)41(57)55-24-26(3)21-35(55)39-49-34-12-8-29-22-28(7-10-33(29)38(34)50-39)32-11-9-30(23-36(32)61-44(45,46)47)48-42(58)54-19-17-52(18-20-54)31-13-15-53(16-14-31)40(56)27-5-6-27/h7-12,22-23,25-27,31,35,37H,5-6,13-21,24H2,1-4H3,(H,48,58)(H,49,50)(H,51,59). The van der Waals surface area contributed by atoms with Crippen LogP contribution >= 0.6 is 0 Å². The molecule has 0 bridgehead atoms. The van der Waals surface area contributed by atoms with Gasteiger partial charge in [-0.1, -0.05) is 39.0 Å². The summed E-state index contributed by atoms with van der Waals surface area (Å²) in [4.78, 5) is 67.9. The van der Waals surface area contributed by atoms with Crippen LogP contribution in [0.25, 0.3) is 32.9 Å². The molecular weight excluding hydrogens is 794 g/mol. The Morgan fingerprint density at radius 1 is 0.902 bits per heavy atom. The van der Waals surface area contributed by atoms with E-state index in [0.29, 0.717) is 62.1 Å². The lowest BCUT2D eigenvalue weighted by molar-refractivity contribution is -0.274. The third kappa shape index (κ3) is 9.21. The second-order valence-corrected chi connectivity index (χ2v) is 17.3. The number of carbonyl (C=O) groups excluding carboxylic acids is 4. The monoisotopic (exact) mass is 846 g/mol. The molecule has 1 saturated carbocycles. The van der Waals surface area contributed by atoms with Gasteiger partial charge in [-0.05, 0) is 79.2 Å². The first-order valence-corrected chi connectivity index (χ1v) is 21.2. The molecule has 4 aromatic rings. The molecule has 4 aliphatic rings. The highest BCUT2D eigenvalue weighted by Gasteiger charge is 2.41. The first-order valence-electron chi connectivity index (χ1n) is 21.2. The number of piperazine rings is 1. The van der Waals surface area contributed by atoms with E-state index in [9.17, 15) is 32.3 Å². The number of benzene rings is 3. The van der Waals surface area contributed by atoms with Gasteiger partial charge in [-0.15, -0.1) is 13.2 Å². The Labute approximate surface area is 352 Å². The third-order valence-corrected chi connectivity index (χ3v) is 12.6. The molecule has 14 nitrogen and oxygen atoms in total. The van der Waals surface area contributed by atoms with E-state index in [0.717, 1.165) is 55.1 Å². The van der Waals surface area contributed by atoms with Gasteiger partial charge in [-0.3, -0.25) is 14.5 Å². The summed E-state index contributed by atoms with van der Waals surface area (Å²) >= 11 is 0. The summed E-state index contributed by atoms with van der Waals surface area (Å²) in [7, 11) is 1.25. The summed E-state index contributed by atoms with van der Waals surface area (Å²) in [6, 6.07) is 12.1. The molecule has 17 heteroatoms. The van der Waals surface area contributed by atoms with Crippen LogP contribution in [-0.2, 0) is 14.3 Å². The van der Waals surface area contributed by atoms with Crippen molar-refractivity contribution >= 4 is 51.4 Å². The predicted molar refractivity (Wildman–Crippen MR) is 223 cm³/mol. The van der Waals surface area contributed by atoms with Crippen LogP contribution in [0, 0.1) is 17.8 Å². The van der Waals surface area contributed by atoms with Crippen LogP contribution < -0.4 is 15.4 Å². The summed E-state index contributed by atoms with van der Waals surface area (Å²) in [6.45, 7) is 10.1. The van der Waals surface area contributed by atoms with E-state index in [2.05, 4.69) is 32.2 Å². The van der Waals surface area contributed by atoms with E-state index in [1.54, 1.807) is 34.1 Å². The number of alkyl carbamates (subject to hydrolysis) is 1. The maximum atomic E-state index is 13.8. The number of anilines is 1. The Morgan fingerprint density at radius 3 is 2.31 bits per heavy atom. The average Bonchev–Trinajstić information content (AvgIpc) is 3.88. The highest BCUT2D eigenvalue weighted by Crippen LogP contribution is 2.40. The van der Waals surface area contributed by atoms with Gasteiger partial charge >= 0.3 is 18.5 Å². The van der Waals surface area contributed by atoms with Crippen molar-refractivity contribution in [3.8, 4) is 16.9 Å². The Kier molecular flexibility index (Phi) is 11.8. The van der Waals surface area contributed by atoms with Gasteiger partial charge < -0.3 is 39.8 Å². The summed E-state index contributed by atoms with van der Waals surface area (Å²) in [5, 5.41) is 6.93. The number of fused-ring (bicyclic) bond motifs is 3. The number of aromatic nitrogens is 2. The number of alkyl halides is 3. The number of carbonyl (C=O) groups is 4. The van der Waals surface area contributed by atoms with Crippen molar-refractivity contribution in [1.82, 2.24) is 34.9 Å². The van der Waals surface area contributed by atoms with Crippen molar-refractivity contribution in [2.75, 3.05) is 58.2 Å². The molecule has 4 fully saturated rings. The van der Waals surface area contributed by atoms with E-state index in [1.807, 2.05) is 30.9 Å². The van der Waals surface area contributed by atoms with E-state index in [4.69, 9.17) is 9.72 Å². The minimum absolute atomic E-state index is 0.171. The van der Waals surface area contributed by atoms with Crippen LogP contribution in [-0.4, -0.2) is 125 Å². The van der Waals surface area contributed by atoms with Gasteiger partial charge in [0.25, 0.3) is 0 Å². The molecule has 8 rings (SSSR count). The number of rotatable bonds is 9. The Hall–Kier alpha value is -5.58. The fourth-order valence-electron chi connectivity index (χ4n) is 9.15. The summed E-state index contributed by atoms with van der Waals surface area (Å²) < 4.78 is 50.8. The number of H-pyrrole nitrogens is 1. The van der Waals surface area contributed by atoms with Gasteiger partial charge in [0.2, 0.25) is 11.8 Å². The van der Waals surface area contributed by atoms with Gasteiger partial charge in [0.1, 0.15) is 17.6 Å². The first-order chi connectivity index (χ1) is 29.1. The molecule has 5 amide bonds. The van der Waals surface area contributed by atoms with Crippen molar-refractivity contribution in [1.29, 1.82) is 0 Å². The van der Waals surface area contributed by atoms with E-state index < -0.39 is 30.3 Å². The van der Waals surface area contributed by atoms with Crippen LogP contribution in [0.5, 0.6) is 5.75 Å². The molecule has 3 unspecified atom stereocenters. The lowest BCUT2D eigenvalue weighted by Gasteiger charge is -2.42. The number of urea groups is 1. The van der Waals surface area contributed by atoms with Crippen molar-refractivity contribution in [3.63, 3.8) is 0 Å². The van der Waals surface area contributed by atoms with Gasteiger partial charge in [-0.25, -0.2) is 14.6 Å². The molecule has 4 heterocycles. The molecule has 3 N–H and O–H groups in total. The molecular formula is C44H53F3N8O6. The number of hydrogen-bond acceptors (Lipinski definition) is 8. The minimum Gasteiger partial charge on any atom is -0.453 e.